The summed E-state index contributed by atoms with van der Waals surface area (Å²) in [5.41, 5.74) is 1.01. The number of nitrogens with one attached hydrogen (secondary N) is 1. The van der Waals surface area contributed by atoms with E-state index in [0.29, 0.717) is 17.2 Å². The van der Waals surface area contributed by atoms with Gasteiger partial charge in [-0.1, -0.05) is 0 Å². The molecule has 21 heavy (non-hydrogen) atoms. The van der Waals surface area contributed by atoms with Gasteiger partial charge >= 0.3 is 0 Å². The van der Waals surface area contributed by atoms with Crippen LogP contribution >= 0.6 is 0 Å². The maximum absolute atomic E-state index is 5.77. The minimum atomic E-state index is -0.0287. The van der Waals surface area contributed by atoms with Crippen molar-refractivity contribution in [1.82, 2.24) is 5.32 Å². The fraction of sp³-hybridized carbons (Fsp3) is 0.500. The lowest BCUT2D eigenvalue weighted by Gasteiger charge is -2.25. The molecule has 5 nitrogen and oxygen atoms in total. The molecule has 1 atom stereocenters. The summed E-state index contributed by atoms with van der Waals surface area (Å²) < 4.78 is 21.9. The van der Waals surface area contributed by atoms with E-state index in [1.165, 1.54) is 0 Å². The van der Waals surface area contributed by atoms with Gasteiger partial charge in [0.1, 0.15) is 5.76 Å². The molecule has 0 amide bonds. The highest BCUT2D eigenvalue weighted by Gasteiger charge is 2.22. The first-order valence-corrected chi connectivity index (χ1v) is 7.05. The highest BCUT2D eigenvalue weighted by Crippen LogP contribution is 2.41. The SMILES string of the molecule is CNC(C1=CCCCO1)c1cc(OC)c(OC)c(OC)c1. The lowest BCUT2D eigenvalue weighted by atomic mass is 10.0. The van der Waals surface area contributed by atoms with Gasteiger partial charge < -0.3 is 24.3 Å². The second-order valence-corrected chi connectivity index (χ2v) is 4.78. The van der Waals surface area contributed by atoms with Gasteiger partial charge in [-0.2, -0.15) is 0 Å². The Morgan fingerprint density at radius 1 is 1.10 bits per heavy atom. The zero-order valence-corrected chi connectivity index (χ0v) is 13.1. The van der Waals surface area contributed by atoms with Crippen molar-refractivity contribution in [3.05, 3.63) is 29.5 Å². The summed E-state index contributed by atoms with van der Waals surface area (Å²) in [4.78, 5) is 0. The summed E-state index contributed by atoms with van der Waals surface area (Å²) >= 11 is 0. The van der Waals surface area contributed by atoms with E-state index < -0.39 is 0 Å². The smallest absolute Gasteiger partial charge is 0.203 e. The number of allylic oxidation sites excluding steroid dienone is 1. The molecule has 0 aliphatic carbocycles. The fourth-order valence-corrected chi connectivity index (χ4v) is 2.52. The van der Waals surface area contributed by atoms with E-state index in [9.17, 15) is 0 Å². The fourth-order valence-electron chi connectivity index (χ4n) is 2.52. The molecule has 1 unspecified atom stereocenters. The van der Waals surface area contributed by atoms with Crippen molar-refractivity contribution >= 4 is 0 Å². The van der Waals surface area contributed by atoms with Crippen LogP contribution in [0.3, 0.4) is 0 Å². The van der Waals surface area contributed by atoms with Crippen molar-refractivity contribution in [2.45, 2.75) is 18.9 Å². The average molecular weight is 293 g/mol. The van der Waals surface area contributed by atoms with Crippen molar-refractivity contribution in [2.75, 3.05) is 35.0 Å². The molecule has 5 heteroatoms. The van der Waals surface area contributed by atoms with Crippen LogP contribution in [0, 0.1) is 0 Å². The number of hydrogen-bond donors (Lipinski definition) is 1. The van der Waals surface area contributed by atoms with Crippen LogP contribution in [0.15, 0.2) is 24.0 Å². The molecule has 0 spiro atoms. The first-order chi connectivity index (χ1) is 10.2. The maximum atomic E-state index is 5.77. The van der Waals surface area contributed by atoms with Crippen LogP contribution in [-0.4, -0.2) is 35.0 Å². The van der Waals surface area contributed by atoms with E-state index >= 15 is 0 Å². The Kier molecular flexibility index (Phi) is 5.33. The Labute approximate surface area is 125 Å². The molecular formula is C16H23NO4. The molecule has 1 aliphatic heterocycles. The van der Waals surface area contributed by atoms with Crippen LogP contribution < -0.4 is 19.5 Å². The molecule has 1 aromatic rings. The van der Waals surface area contributed by atoms with E-state index in [0.717, 1.165) is 30.8 Å². The Balaban J connectivity index is 2.43. The summed E-state index contributed by atoms with van der Waals surface area (Å²) in [6, 6.07) is 3.86. The van der Waals surface area contributed by atoms with Crippen LogP contribution in [-0.2, 0) is 4.74 Å². The predicted octanol–water partition coefficient (Wildman–Crippen LogP) is 2.67. The van der Waals surface area contributed by atoms with Crippen molar-refractivity contribution in [1.29, 1.82) is 0 Å². The third-order valence-electron chi connectivity index (χ3n) is 3.56. The molecule has 1 N–H and O–H groups in total. The van der Waals surface area contributed by atoms with Crippen LogP contribution in [0.1, 0.15) is 24.4 Å². The van der Waals surface area contributed by atoms with Gasteiger partial charge in [0, 0.05) is 0 Å². The normalized spacial score (nSPS) is 15.7. The highest BCUT2D eigenvalue weighted by atomic mass is 16.5. The van der Waals surface area contributed by atoms with Crippen LogP contribution in [0.5, 0.6) is 17.2 Å². The summed E-state index contributed by atoms with van der Waals surface area (Å²) in [6.07, 6.45) is 4.24. The largest absolute Gasteiger partial charge is 0.496 e. The summed E-state index contributed by atoms with van der Waals surface area (Å²) in [6.45, 7) is 0.758. The predicted molar refractivity (Wildman–Crippen MR) is 81.2 cm³/mol. The topological polar surface area (TPSA) is 49.0 Å². The van der Waals surface area contributed by atoms with Gasteiger partial charge in [0.25, 0.3) is 0 Å². The average Bonchev–Trinajstić information content (AvgIpc) is 2.55. The standard InChI is InChI=1S/C16H23NO4/c1-17-15(12-7-5-6-8-21-12)11-9-13(18-2)16(20-4)14(10-11)19-3/h7,9-10,15,17H,5-6,8H2,1-4H3. The van der Waals surface area contributed by atoms with Gasteiger partial charge in [-0.25, -0.2) is 0 Å². The molecule has 0 saturated carbocycles. The van der Waals surface area contributed by atoms with Gasteiger partial charge in [0.05, 0.1) is 34.0 Å². The lowest BCUT2D eigenvalue weighted by molar-refractivity contribution is 0.169. The molecule has 116 valence electrons. The maximum Gasteiger partial charge on any atom is 0.203 e. The second-order valence-electron chi connectivity index (χ2n) is 4.78. The Bertz CT molecular complexity index is 488. The van der Waals surface area contributed by atoms with Crippen LogP contribution in [0.25, 0.3) is 0 Å². The zero-order valence-electron chi connectivity index (χ0n) is 13.1. The third kappa shape index (κ3) is 3.24. The van der Waals surface area contributed by atoms with Crippen LogP contribution in [0.2, 0.25) is 0 Å². The molecule has 0 aromatic heterocycles. The quantitative estimate of drug-likeness (QED) is 0.874. The van der Waals surface area contributed by atoms with E-state index in [-0.39, 0.29) is 6.04 Å². The molecule has 0 bridgehead atoms. The Morgan fingerprint density at radius 2 is 1.76 bits per heavy atom. The third-order valence-corrected chi connectivity index (χ3v) is 3.56. The number of rotatable bonds is 6. The molecule has 1 aliphatic rings. The van der Waals surface area contributed by atoms with E-state index in [2.05, 4.69) is 11.4 Å². The number of benzene rings is 1. The molecule has 0 fully saturated rings. The minimum Gasteiger partial charge on any atom is -0.496 e. The van der Waals surface area contributed by atoms with E-state index in [4.69, 9.17) is 18.9 Å². The number of hydrogen-bond acceptors (Lipinski definition) is 5. The summed E-state index contributed by atoms with van der Waals surface area (Å²) in [5.74, 6) is 2.82. The number of ether oxygens (including phenoxy) is 4. The summed E-state index contributed by atoms with van der Waals surface area (Å²) in [7, 11) is 6.74. The molecule has 2 rings (SSSR count). The summed E-state index contributed by atoms with van der Waals surface area (Å²) in [5, 5.41) is 3.28. The molecular weight excluding hydrogens is 270 g/mol. The molecule has 1 aromatic carbocycles. The van der Waals surface area contributed by atoms with Crippen molar-refractivity contribution in [3.8, 4) is 17.2 Å². The first kappa shape index (κ1) is 15.5. The van der Waals surface area contributed by atoms with Gasteiger partial charge in [-0.3, -0.25) is 0 Å². The monoisotopic (exact) mass is 293 g/mol. The molecule has 0 radical (unpaired) electrons. The van der Waals surface area contributed by atoms with Gasteiger partial charge in [-0.05, 0) is 43.7 Å². The Hall–Kier alpha value is -1.88. The van der Waals surface area contributed by atoms with E-state index in [1.54, 1.807) is 21.3 Å². The van der Waals surface area contributed by atoms with Crippen LogP contribution in [0.4, 0.5) is 0 Å². The van der Waals surface area contributed by atoms with Crippen molar-refractivity contribution < 1.29 is 18.9 Å². The highest BCUT2D eigenvalue weighted by molar-refractivity contribution is 5.55. The van der Waals surface area contributed by atoms with Crippen molar-refractivity contribution in [2.24, 2.45) is 0 Å². The molecule has 1 heterocycles. The first-order valence-electron chi connectivity index (χ1n) is 7.05. The lowest BCUT2D eigenvalue weighted by Crippen LogP contribution is -2.22. The van der Waals surface area contributed by atoms with E-state index in [1.807, 2.05) is 19.2 Å². The zero-order chi connectivity index (χ0) is 15.2. The Morgan fingerprint density at radius 3 is 2.19 bits per heavy atom. The number of likely N-dealkylation sites (N-methyl/N-ethyl adjacent to an activating group) is 1. The van der Waals surface area contributed by atoms with Gasteiger partial charge in [0.15, 0.2) is 11.5 Å². The van der Waals surface area contributed by atoms with Gasteiger partial charge in [-0.15, -0.1) is 0 Å². The molecule has 0 saturated heterocycles. The van der Waals surface area contributed by atoms with Crippen molar-refractivity contribution in [3.63, 3.8) is 0 Å². The van der Waals surface area contributed by atoms with Gasteiger partial charge in [0.2, 0.25) is 5.75 Å². The second kappa shape index (κ2) is 7.22. The number of methoxy groups -OCH3 is 3. The minimum absolute atomic E-state index is 0.0287.